The van der Waals surface area contributed by atoms with Gasteiger partial charge in [-0.1, -0.05) is 42.0 Å². The smallest absolute Gasteiger partial charge is 0.274 e. The van der Waals surface area contributed by atoms with Gasteiger partial charge in [-0.15, -0.1) is 0 Å². The zero-order valence-corrected chi connectivity index (χ0v) is 20.8. The second-order valence-electron chi connectivity index (χ2n) is 8.82. The van der Waals surface area contributed by atoms with Gasteiger partial charge < -0.3 is 15.1 Å². The topological polar surface area (TPSA) is 102 Å². The predicted molar refractivity (Wildman–Crippen MR) is 139 cm³/mol. The molecule has 0 heterocycles. The molecule has 0 aliphatic rings. The molecule has 3 aromatic carbocycles. The number of hydroxylamine groups is 1. The minimum absolute atomic E-state index is 0.147. The van der Waals surface area contributed by atoms with Crippen LogP contribution in [0.3, 0.4) is 0 Å². The highest BCUT2D eigenvalue weighted by Gasteiger charge is 2.18. The number of aryl methyl sites for hydroxylation is 1. The second kappa shape index (κ2) is 12.5. The summed E-state index contributed by atoms with van der Waals surface area (Å²) in [5.74, 6) is -0.948. The largest absolute Gasteiger partial charge is 0.378 e. The molecular formula is C28H32N4O4. The van der Waals surface area contributed by atoms with Crippen molar-refractivity contribution in [1.29, 1.82) is 0 Å². The van der Waals surface area contributed by atoms with Crippen LogP contribution in [0.2, 0.25) is 0 Å². The predicted octanol–water partition coefficient (Wildman–Crippen LogP) is 3.53. The summed E-state index contributed by atoms with van der Waals surface area (Å²) in [5, 5.41) is 11.7. The third kappa shape index (κ3) is 7.41. The van der Waals surface area contributed by atoms with E-state index in [1.165, 1.54) is 0 Å². The van der Waals surface area contributed by atoms with Crippen LogP contribution in [0.25, 0.3) is 0 Å². The molecule has 0 aliphatic carbocycles. The zero-order valence-electron chi connectivity index (χ0n) is 20.8. The summed E-state index contributed by atoms with van der Waals surface area (Å²) in [4.78, 5) is 41.1. The van der Waals surface area contributed by atoms with E-state index in [1.54, 1.807) is 46.8 Å². The maximum Gasteiger partial charge on any atom is 0.274 e. The van der Waals surface area contributed by atoms with Gasteiger partial charge in [-0.3, -0.25) is 19.6 Å². The van der Waals surface area contributed by atoms with Gasteiger partial charge in [0.05, 0.1) is 0 Å². The molecule has 3 aromatic rings. The van der Waals surface area contributed by atoms with Crippen molar-refractivity contribution in [3.63, 3.8) is 0 Å². The number of nitrogens with one attached hydrogen (secondary N) is 2. The number of carbonyl (C=O) groups excluding carboxylic acids is 3. The lowest BCUT2D eigenvalue weighted by Crippen LogP contribution is -2.35. The van der Waals surface area contributed by atoms with Crippen molar-refractivity contribution in [3.05, 3.63) is 101 Å². The molecule has 0 aliphatic heterocycles. The number of benzene rings is 3. The Morgan fingerprint density at radius 1 is 0.806 bits per heavy atom. The molecule has 3 rings (SSSR count). The molecule has 188 valence electrons. The first-order valence-corrected chi connectivity index (χ1v) is 11.7. The van der Waals surface area contributed by atoms with Crippen molar-refractivity contribution >= 4 is 23.4 Å². The Kier molecular flexibility index (Phi) is 9.19. The molecule has 3 amide bonds. The molecular weight excluding hydrogens is 456 g/mol. The SMILES string of the molecule is Cc1ccc(CNC(=O)CCN(Cc2ccc(C(=O)NO)cc2)C(=O)c2ccc(N(C)C)cc2)cc1. The summed E-state index contributed by atoms with van der Waals surface area (Å²) in [6.45, 7) is 2.93. The molecule has 0 aromatic heterocycles. The van der Waals surface area contributed by atoms with Crippen LogP contribution in [0.4, 0.5) is 5.69 Å². The van der Waals surface area contributed by atoms with Crippen molar-refractivity contribution in [1.82, 2.24) is 15.7 Å². The molecule has 0 saturated carbocycles. The Bertz CT molecular complexity index is 1170. The molecule has 0 atom stereocenters. The van der Waals surface area contributed by atoms with Gasteiger partial charge in [0.2, 0.25) is 5.91 Å². The average molecular weight is 489 g/mol. The summed E-state index contributed by atoms with van der Waals surface area (Å²) in [5.41, 5.74) is 6.36. The summed E-state index contributed by atoms with van der Waals surface area (Å²) in [7, 11) is 3.86. The van der Waals surface area contributed by atoms with E-state index in [0.717, 1.165) is 22.4 Å². The van der Waals surface area contributed by atoms with Crippen molar-refractivity contribution in [3.8, 4) is 0 Å². The molecule has 0 saturated heterocycles. The monoisotopic (exact) mass is 488 g/mol. The number of rotatable bonds is 10. The van der Waals surface area contributed by atoms with Crippen molar-refractivity contribution < 1.29 is 19.6 Å². The normalized spacial score (nSPS) is 10.4. The fourth-order valence-electron chi connectivity index (χ4n) is 3.62. The number of amides is 3. The molecule has 0 bridgehead atoms. The van der Waals surface area contributed by atoms with E-state index >= 15 is 0 Å². The summed E-state index contributed by atoms with van der Waals surface area (Å²) in [6.07, 6.45) is 0.151. The standard InChI is InChI=1S/C28H32N4O4/c1-20-4-6-21(7-5-20)18-29-26(33)16-17-32(19-22-8-10-23(11-9-22)27(34)30-36)28(35)24-12-14-25(15-13-24)31(2)3/h4-15,36H,16-19H2,1-3H3,(H,29,33)(H,30,34). The lowest BCUT2D eigenvalue weighted by molar-refractivity contribution is -0.121. The Morgan fingerprint density at radius 2 is 1.39 bits per heavy atom. The summed E-state index contributed by atoms with van der Waals surface area (Å²) >= 11 is 0. The number of hydrogen-bond acceptors (Lipinski definition) is 5. The van der Waals surface area contributed by atoms with Gasteiger partial charge in [-0.2, -0.15) is 0 Å². The maximum absolute atomic E-state index is 13.4. The van der Waals surface area contributed by atoms with Gasteiger partial charge in [0.15, 0.2) is 0 Å². The lowest BCUT2D eigenvalue weighted by Gasteiger charge is -2.23. The fourth-order valence-corrected chi connectivity index (χ4v) is 3.62. The van der Waals surface area contributed by atoms with Crippen molar-refractivity contribution in [2.24, 2.45) is 0 Å². The third-order valence-corrected chi connectivity index (χ3v) is 5.83. The summed E-state index contributed by atoms with van der Waals surface area (Å²) < 4.78 is 0. The zero-order chi connectivity index (χ0) is 26.1. The van der Waals surface area contributed by atoms with Crippen LogP contribution in [-0.4, -0.2) is 48.5 Å². The molecule has 0 spiro atoms. The van der Waals surface area contributed by atoms with E-state index in [2.05, 4.69) is 5.32 Å². The lowest BCUT2D eigenvalue weighted by atomic mass is 10.1. The van der Waals surface area contributed by atoms with E-state index in [-0.39, 0.29) is 31.3 Å². The van der Waals surface area contributed by atoms with Crippen LogP contribution < -0.4 is 15.7 Å². The van der Waals surface area contributed by atoms with Crippen LogP contribution in [0.15, 0.2) is 72.8 Å². The Morgan fingerprint density at radius 3 is 1.97 bits per heavy atom. The third-order valence-electron chi connectivity index (χ3n) is 5.83. The Labute approximate surface area is 211 Å². The molecule has 8 heteroatoms. The van der Waals surface area contributed by atoms with Crippen LogP contribution >= 0.6 is 0 Å². The summed E-state index contributed by atoms with van der Waals surface area (Å²) in [6, 6.07) is 21.8. The van der Waals surface area contributed by atoms with Crippen LogP contribution in [0.1, 0.15) is 43.8 Å². The maximum atomic E-state index is 13.4. The van der Waals surface area contributed by atoms with Crippen LogP contribution in [0, 0.1) is 6.92 Å². The minimum atomic E-state index is -0.610. The van der Waals surface area contributed by atoms with Gasteiger partial charge in [-0.05, 0) is 54.4 Å². The van der Waals surface area contributed by atoms with Gasteiger partial charge in [-0.25, -0.2) is 5.48 Å². The van der Waals surface area contributed by atoms with Gasteiger partial charge in [0.25, 0.3) is 11.8 Å². The first-order valence-electron chi connectivity index (χ1n) is 11.7. The molecule has 8 nitrogen and oxygen atoms in total. The number of nitrogens with zero attached hydrogens (tertiary/aromatic N) is 2. The number of anilines is 1. The van der Waals surface area contributed by atoms with E-state index in [4.69, 9.17) is 5.21 Å². The molecule has 0 unspecified atom stereocenters. The highest BCUT2D eigenvalue weighted by atomic mass is 16.5. The molecule has 3 N–H and O–H groups in total. The van der Waals surface area contributed by atoms with Crippen molar-refractivity contribution in [2.45, 2.75) is 26.4 Å². The number of hydrogen-bond donors (Lipinski definition) is 3. The quantitative estimate of drug-likeness (QED) is 0.299. The van der Waals surface area contributed by atoms with Gasteiger partial charge in [0, 0.05) is 57.0 Å². The Hall–Kier alpha value is -4.17. The highest BCUT2D eigenvalue weighted by Crippen LogP contribution is 2.16. The molecule has 36 heavy (non-hydrogen) atoms. The highest BCUT2D eigenvalue weighted by molar-refractivity contribution is 5.95. The van der Waals surface area contributed by atoms with Crippen molar-refractivity contribution in [2.75, 3.05) is 25.5 Å². The second-order valence-corrected chi connectivity index (χ2v) is 8.82. The number of carbonyl (C=O) groups is 3. The molecule has 0 fully saturated rings. The first-order chi connectivity index (χ1) is 17.3. The van der Waals surface area contributed by atoms with Gasteiger partial charge >= 0.3 is 0 Å². The first kappa shape index (κ1) is 26.4. The van der Waals surface area contributed by atoms with E-state index < -0.39 is 5.91 Å². The minimum Gasteiger partial charge on any atom is -0.378 e. The average Bonchev–Trinajstić information content (AvgIpc) is 2.90. The van der Waals surface area contributed by atoms with E-state index in [9.17, 15) is 14.4 Å². The van der Waals surface area contributed by atoms with Crippen LogP contribution in [-0.2, 0) is 17.9 Å². The molecule has 0 radical (unpaired) electrons. The fraction of sp³-hybridized carbons (Fsp3) is 0.250. The van der Waals surface area contributed by atoms with Gasteiger partial charge in [0.1, 0.15) is 0 Å². The van der Waals surface area contributed by atoms with Crippen LogP contribution in [0.5, 0.6) is 0 Å². The van der Waals surface area contributed by atoms with E-state index in [1.807, 2.05) is 62.3 Å². The Balaban J connectivity index is 1.70. The van der Waals surface area contributed by atoms with E-state index in [0.29, 0.717) is 17.7 Å².